The first kappa shape index (κ1) is 9.68. The molecule has 1 aromatic carbocycles. The lowest BCUT2D eigenvalue weighted by atomic mass is 10.2. The molecule has 0 aliphatic heterocycles. The zero-order valence-electron chi connectivity index (χ0n) is 8.44. The first-order valence-corrected chi connectivity index (χ1v) is 4.71. The number of para-hydroxylation sites is 1. The van der Waals surface area contributed by atoms with Gasteiger partial charge in [-0.25, -0.2) is 4.98 Å². The van der Waals surface area contributed by atoms with Crippen LogP contribution in [0.5, 0.6) is 0 Å². The normalized spacial score (nSPS) is 10.0. The van der Waals surface area contributed by atoms with E-state index in [2.05, 4.69) is 28.2 Å². The van der Waals surface area contributed by atoms with E-state index in [0.29, 0.717) is 0 Å². The molecule has 0 unspecified atom stereocenters. The van der Waals surface area contributed by atoms with Crippen molar-refractivity contribution in [2.75, 3.05) is 7.11 Å². The van der Waals surface area contributed by atoms with Crippen LogP contribution in [0, 0.1) is 0 Å². The number of nitrogens with zero attached hydrogens (tertiary/aromatic N) is 1. The summed E-state index contributed by atoms with van der Waals surface area (Å²) < 4.78 is 0. The van der Waals surface area contributed by atoms with Gasteiger partial charge in [0.25, 0.3) is 0 Å². The SMILES string of the molecule is CO.c1ccc2c(c1)[nH]c1ncccc12. The van der Waals surface area contributed by atoms with Crippen molar-refractivity contribution >= 4 is 21.9 Å². The average Bonchev–Trinajstić information content (AvgIpc) is 2.70. The van der Waals surface area contributed by atoms with Crippen molar-refractivity contribution in [3.63, 3.8) is 0 Å². The van der Waals surface area contributed by atoms with Crippen molar-refractivity contribution in [2.24, 2.45) is 0 Å². The molecule has 0 fully saturated rings. The van der Waals surface area contributed by atoms with Crippen molar-refractivity contribution in [1.82, 2.24) is 9.97 Å². The van der Waals surface area contributed by atoms with E-state index in [1.165, 1.54) is 10.8 Å². The fourth-order valence-corrected chi connectivity index (χ4v) is 1.68. The van der Waals surface area contributed by atoms with Crippen LogP contribution < -0.4 is 0 Å². The molecule has 0 bridgehead atoms. The van der Waals surface area contributed by atoms with Gasteiger partial charge in [-0.2, -0.15) is 0 Å². The monoisotopic (exact) mass is 200 g/mol. The predicted molar refractivity (Wildman–Crippen MR) is 61.7 cm³/mol. The van der Waals surface area contributed by atoms with Gasteiger partial charge < -0.3 is 10.1 Å². The fraction of sp³-hybridized carbons (Fsp3) is 0.0833. The molecule has 0 aliphatic carbocycles. The minimum Gasteiger partial charge on any atom is -0.400 e. The van der Waals surface area contributed by atoms with E-state index >= 15 is 0 Å². The first-order valence-electron chi connectivity index (χ1n) is 4.71. The number of aliphatic hydroxyl groups is 1. The Kier molecular flexibility index (Phi) is 2.65. The van der Waals surface area contributed by atoms with Gasteiger partial charge in [0.2, 0.25) is 0 Å². The van der Waals surface area contributed by atoms with Gasteiger partial charge in [0, 0.05) is 29.6 Å². The first-order chi connectivity index (χ1) is 7.45. The molecule has 15 heavy (non-hydrogen) atoms. The predicted octanol–water partition coefficient (Wildman–Crippen LogP) is 2.32. The number of H-pyrrole nitrogens is 1. The summed E-state index contributed by atoms with van der Waals surface area (Å²) in [4.78, 5) is 7.53. The van der Waals surface area contributed by atoms with Crippen molar-refractivity contribution < 1.29 is 5.11 Å². The van der Waals surface area contributed by atoms with E-state index in [-0.39, 0.29) is 0 Å². The van der Waals surface area contributed by atoms with Crippen molar-refractivity contribution in [3.05, 3.63) is 42.6 Å². The lowest BCUT2D eigenvalue weighted by molar-refractivity contribution is 0.399. The van der Waals surface area contributed by atoms with E-state index in [4.69, 9.17) is 5.11 Å². The summed E-state index contributed by atoms with van der Waals surface area (Å²) in [6, 6.07) is 12.3. The minimum absolute atomic E-state index is 0.962. The second-order valence-corrected chi connectivity index (χ2v) is 3.07. The number of fused-ring (bicyclic) bond motifs is 3. The molecule has 3 heteroatoms. The molecule has 3 nitrogen and oxygen atoms in total. The molecule has 3 rings (SSSR count). The van der Waals surface area contributed by atoms with Crippen LogP contribution in [0.3, 0.4) is 0 Å². The second-order valence-electron chi connectivity index (χ2n) is 3.07. The molecule has 3 aromatic rings. The molecule has 0 radical (unpaired) electrons. The summed E-state index contributed by atoms with van der Waals surface area (Å²) in [5.74, 6) is 0. The Bertz CT molecular complexity index is 521. The van der Waals surface area contributed by atoms with E-state index in [0.717, 1.165) is 18.3 Å². The lowest BCUT2D eigenvalue weighted by Gasteiger charge is -1.87. The number of hydrogen-bond acceptors (Lipinski definition) is 2. The Morgan fingerprint density at radius 1 is 1.00 bits per heavy atom. The molecule has 76 valence electrons. The Morgan fingerprint density at radius 3 is 2.60 bits per heavy atom. The van der Waals surface area contributed by atoms with E-state index in [9.17, 15) is 0 Å². The van der Waals surface area contributed by atoms with Gasteiger partial charge >= 0.3 is 0 Å². The van der Waals surface area contributed by atoms with E-state index < -0.39 is 0 Å². The Balaban J connectivity index is 0.000000404. The number of aromatic nitrogens is 2. The van der Waals surface area contributed by atoms with Crippen molar-refractivity contribution in [3.8, 4) is 0 Å². The van der Waals surface area contributed by atoms with Crippen molar-refractivity contribution in [1.29, 1.82) is 0 Å². The molecule has 0 spiro atoms. The number of nitrogens with one attached hydrogen (secondary N) is 1. The van der Waals surface area contributed by atoms with Gasteiger partial charge in [0.1, 0.15) is 5.65 Å². The summed E-state index contributed by atoms with van der Waals surface area (Å²) in [6.45, 7) is 0. The second kappa shape index (κ2) is 4.11. The molecule has 0 amide bonds. The molecule has 2 aromatic heterocycles. The lowest BCUT2D eigenvalue weighted by Crippen LogP contribution is -1.71. The number of benzene rings is 1. The fourth-order valence-electron chi connectivity index (χ4n) is 1.68. The maximum absolute atomic E-state index is 7.00. The van der Waals surface area contributed by atoms with Gasteiger partial charge in [0.15, 0.2) is 0 Å². The Morgan fingerprint density at radius 2 is 1.73 bits per heavy atom. The highest BCUT2D eigenvalue weighted by atomic mass is 16.2. The van der Waals surface area contributed by atoms with Crippen LogP contribution >= 0.6 is 0 Å². The summed E-state index contributed by atoms with van der Waals surface area (Å²) in [5.41, 5.74) is 2.11. The molecule has 0 saturated heterocycles. The number of pyridine rings is 1. The molecule has 0 atom stereocenters. The summed E-state index contributed by atoms with van der Waals surface area (Å²) in [7, 11) is 1.00. The third kappa shape index (κ3) is 1.57. The quantitative estimate of drug-likeness (QED) is 0.585. The molecular weight excluding hydrogens is 188 g/mol. The number of hydrogen-bond donors (Lipinski definition) is 2. The maximum atomic E-state index is 7.00. The molecule has 2 heterocycles. The Hall–Kier alpha value is -1.87. The topological polar surface area (TPSA) is 48.9 Å². The zero-order valence-corrected chi connectivity index (χ0v) is 8.44. The zero-order chi connectivity index (χ0) is 10.7. The average molecular weight is 200 g/mol. The number of aromatic amines is 1. The van der Waals surface area contributed by atoms with Crippen LogP contribution in [0.25, 0.3) is 21.9 Å². The van der Waals surface area contributed by atoms with Crippen LogP contribution in [0.4, 0.5) is 0 Å². The summed E-state index contributed by atoms with van der Waals surface area (Å²) >= 11 is 0. The molecule has 0 saturated carbocycles. The van der Waals surface area contributed by atoms with Gasteiger partial charge in [-0.05, 0) is 18.2 Å². The number of aliphatic hydroxyl groups excluding tert-OH is 1. The smallest absolute Gasteiger partial charge is 0.138 e. The van der Waals surface area contributed by atoms with Crippen LogP contribution in [-0.2, 0) is 0 Å². The van der Waals surface area contributed by atoms with Gasteiger partial charge in [-0.15, -0.1) is 0 Å². The van der Waals surface area contributed by atoms with Crippen LogP contribution in [0.2, 0.25) is 0 Å². The standard InChI is InChI=1S/C11H8N2.CH4O/c1-2-6-10-8(4-1)9-5-3-7-12-11(9)13-10;1-2/h1-7H,(H,12,13);2H,1H3. The Labute approximate surface area is 87.4 Å². The van der Waals surface area contributed by atoms with E-state index in [1.54, 1.807) is 6.20 Å². The van der Waals surface area contributed by atoms with Crippen LogP contribution in [0.15, 0.2) is 42.6 Å². The highest BCUT2D eigenvalue weighted by Crippen LogP contribution is 2.22. The van der Waals surface area contributed by atoms with E-state index in [1.807, 2.05) is 18.2 Å². The maximum Gasteiger partial charge on any atom is 0.138 e. The number of rotatable bonds is 0. The van der Waals surface area contributed by atoms with Gasteiger partial charge in [0.05, 0.1) is 0 Å². The largest absolute Gasteiger partial charge is 0.400 e. The molecule has 0 aliphatic rings. The third-order valence-electron chi connectivity index (χ3n) is 2.28. The van der Waals surface area contributed by atoms with Crippen LogP contribution in [-0.4, -0.2) is 22.2 Å². The molecular formula is C12H12N2O. The minimum atomic E-state index is 0.962. The molecule has 2 N–H and O–H groups in total. The van der Waals surface area contributed by atoms with Crippen molar-refractivity contribution in [2.45, 2.75) is 0 Å². The summed E-state index contributed by atoms with van der Waals surface area (Å²) in [6.07, 6.45) is 1.80. The highest BCUT2D eigenvalue weighted by molar-refractivity contribution is 6.05. The summed E-state index contributed by atoms with van der Waals surface area (Å²) in [5, 5.41) is 9.43. The van der Waals surface area contributed by atoms with Crippen LogP contribution in [0.1, 0.15) is 0 Å². The van der Waals surface area contributed by atoms with Gasteiger partial charge in [-0.3, -0.25) is 0 Å². The highest BCUT2D eigenvalue weighted by Gasteiger charge is 2.01. The van der Waals surface area contributed by atoms with Gasteiger partial charge in [-0.1, -0.05) is 18.2 Å². The third-order valence-corrected chi connectivity index (χ3v) is 2.28.